The van der Waals surface area contributed by atoms with Gasteiger partial charge in [-0.1, -0.05) is 35.0 Å². The van der Waals surface area contributed by atoms with Gasteiger partial charge in [-0.3, -0.25) is 0 Å². The number of halogens is 1. The molecular formula is C15H19BrN2O3. The van der Waals surface area contributed by atoms with Gasteiger partial charge >= 0.3 is 12.0 Å². The molecule has 1 heterocycles. The molecule has 1 saturated heterocycles. The maximum absolute atomic E-state index is 12.5. The van der Waals surface area contributed by atoms with E-state index in [1.54, 1.807) is 11.9 Å². The number of carboxylic acids is 1. The lowest BCUT2D eigenvalue weighted by molar-refractivity contribution is -0.142. The Labute approximate surface area is 132 Å². The van der Waals surface area contributed by atoms with E-state index in [2.05, 4.69) is 15.9 Å². The van der Waals surface area contributed by atoms with Crippen molar-refractivity contribution >= 4 is 27.9 Å². The van der Waals surface area contributed by atoms with Crippen molar-refractivity contribution < 1.29 is 14.7 Å². The first kappa shape index (κ1) is 15.8. The molecule has 2 unspecified atom stereocenters. The minimum Gasteiger partial charge on any atom is -0.480 e. The molecule has 2 atom stereocenters. The van der Waals surface area contributed by atoms with Crippen LogP contribution < -0.4 is 0 Å². The van der Waals surface area contributed by atoms with Crippen LogP contribution in [-0.2, 0) is 11.3 Å². The Morgan fingerprint density at radius 3 is 2.81 bits per heavy atom. The minimum absolute atomic E-state index is 0.00859. The van der Waals surface area contributed by atoms with Crippen molar-refractivity contribution in [1.82, 2.24) is 9.80 Å². The number of urea groups is 1. The van der Waals surface area contributed by atoms with Crippen LogP contribution in [0.1, 0.15) is 18.9 Å². The molecule has 1 aromatic carbocycles. The molecule has 1 aliphatic heterocycles. The molecule has 0 saturated carbocycles. The number of hydrogen-bond acceptors (Lipinski definition) is 2. The van der Waals surface area contributed by atoms with E-state index in [0.29, 0.717) is 13.1 Å². The fourth-order valence-corrected chi connectivity index (χ4v) is 3.18. The number of carbonyl (C=O) groups is 2. The van der Waals surface area contributed by atoms with Gasteiger partial charge in [0.1, 0.15) is 6.04 Å². The summed E-state index contributed by atoms with van der Waals surface area (Å²) in [5, 5.41) is 9.29. The van der Waals surface area contributed by atoms with Crippen LogP contribution in [0.5, 0.6) is 0 Å². The Hall–Kier alpha value is -1.56. The van der Waals surface area contributed by atoms with Crippen LogP contribution in [0.3, 0.4) is 0 Å². The normalized spacial score (nSPS) is 21.4. The maximum Gasteiger partial charge on any atom is 0.326 e. The second-order valence-electron chi connectivity index (χ2n) is 5.51. The number of carboxylic acid groups (broad SMARTS) is 1. The van der Waals surface area contributed by atoms with Crippen LogP contribution in [0, 0.1) is 5.92 Å². The molecular weight excluding hydrogens is 336 g/mol. The van der Waals surface area contributed by atoms with E-state index in [1.807, 2.05) is 31.2 Å². The standard InChI is InChI=1S/C15H19BrN2O3/c1-10-6-7-18(13(10)14(19)20)15(21)17(2)9-11-4-3-5-12(16)8-11/h3-5,8,10,13H,6-7,9H2,1-2H3,(H,19,20). The number of amides is 2. The zero-order valence-corrected chi connectivity index (χ0v) is 13.7. The summed E-state index contributed by atoms with van der Waals surface area (Å²) in [5.74, 6) is -0.935. The monoisotopic (exact) mass is 354 g/mol. The van der Waals surface area contributed by atoms with Crippen molar-refractivity contribution in [3.8, 4) is 0 Å². The number of rotatable bonds is 3. The Morgan fingerprint density at radius 2 is 2.19 bits per heavy atom. The van der Waals surface area contributed by atoms with E-state index in [4.69, 9.17) is 0 Å². The number of aliphatic carboxylic acids is 1. The highest BCUT2D eigenvalue weighted by Crippen LogP contribution is 2.25. The maximum atomic E-state index is 12.5. The summed E-state index contributed by atoms with van der Waals surface area (Å²) in [6.07, 6.45) is 0.730. The van der Waals surface area contributed by atoms with Crippen molar-refractivity contribution in [2.24, 2.45) is 5.92 Å². The number of benzene rings is 1. The third-order valence-corrected chi connectivity index (χ3v) is 4.33. The second kappa shape index (κ2) is 6.47. The summed E-state index contributed by atoms with van der Waals surface area (Å²) in [7, 11) is 1.70. The smallest absolute Gasteiger partial charge is 0.326 e. The van der Waals surface area contributed by atoms with Crippen LogP contribution in [0.25, 0.3) is 0 Å². The van der Waals surface area contributed by atoms with Gasteiger partial charge in [-0.15, -0.1) is 0 Å². The molecule has 1 fully saturated rings. The van der Waals surface area contributed by atoms with Crippen LogP contribution in [0.15, 0.2) is 28.7 Å². The highest BCUT2D eigenvalue weighted by molar-refractivity contribution is 9.10. The van der Waals surface area contributed by atoms with Gasteiger partial charge in [-0.2, -0.15) is 0 Å². The van der Waals surface area contributed by atoms with Gasteiger partial charge in [0, 0.05) is 24.6 Å². The first-order valence-corrected chi connectivity index (χ1v) is 7.68. The Morgan fingerprint density at radius 1 is 1.48 bits per heavy atom. The van der Waals surface area contributed by atoms with Gasteiger partial charge in [-0.05, 0) is 30.0 Å². The van der Waals surface area contributed by atoms with Gasteiger partial charge in [-0.25, -0.2) is 9.59 Å². The van der Waals surface area contributed by atoms with Crippen LogP contribution in [0.2, 0.25) is 0 Å². The average molecular weight is 355 g/mol. The lowest BCUT2D eigenvalue weighted by Crippen LogP contribution is -2.47. The van der Waals surface area contributed by atoms with Crippen molar-refractivity contribution in [1.29, 1.82) is 0 Å². The predicted molar refractivity (Wildman–Crippen MR) is 82.9 cm³/mol. The molecule has 0 radical (unpaired) electrons. The van der Waals surface area contributed by atoms with E-state index in [9.17, 15) is 14.7 Å². The second-order valence-corrected chi connectivity index (χ2v) is 6.43. The molecule has 0 aromatic heterocycles. The molecule has 1 N–H and O–H groups in total. The van der Waals surface area contributed by atoms with Gasteiger partial charge in [0.05, 0.1) is 0 Å². The SMILES string of the molecule is CC1CCN(C(=O)N(C)Cc2cccc(Br)c2)C1C(=O)O. The first-order chi connectivity index (χ1) is 9.90. The zero-order valence-electron chi connectivity index (χ0n) is 12.1. The largest absolute Gasteiger partial charge is 0.480 e. The fraction of sp³-hybridized carbons (Fsp3) is 0.467. The molecule has 114 valence electrons. The quantitative estimate of drug-likeness (QED) is 0.907. The minimum atomic E-state index is -0.927. The third-order valence-electron chi connectivity index (χ3n) is 3.83. The Balaban J connectivity index is 2.07. The molecule has 0 aliphatic carbocycles. The van der Waals surface area contributed by atoms with Crippen molar-refractivity contribution in [3.63, 3.8) is 0 Å². The summed E-state index contributed by atoms with van der Waals surface area (Å²) < 4.78 is 0.957. The highest BCUT2D eigenvalue weighted by Gasteiger charge is 2.40. The lowest BCUT2D eigenvalue weighted by atomic mass is 10.0. The summed E-state index contributed by atoms with van der Waals surface area (Å²) >= 11 is 3.40. The van der Waals surface area contributed by atoms with Gasteiger partial charge in [0.2, 0.25) is 0 Å². The number of carbonyl (C=O) groups excluding carboxylic acids is 1. The Kier molecular flexibility index (Phi) is 4.88. The third kappa shape index (κ3) is 3.56. The molecule has 2 rings (SSSR count). The molecule has 0 spiro atoms. The van der Waals surface area contributed by atoms with Gasteiger partial charge in [0.25, 0.3) is 0 Å². The van der Waals surface area contributed by atoms with E-state index < -0.39 is 12.0 Å². The van der Waals surface area contributed by atoms with Gasteiger partial charge < -0.3 is 14.9 Å². The summed E-state index contributed by atoms with van der Waals surface area (Å²) in [5.41, 5.74) is 0.999. The summed E-state index contributed by atoms with van der Waals surface area (Å²) in [6.45, 7) is 2.83. The molecule has 1 aliphatic rings. The molecule has 1 aromatic rings. The Bertz CT molecular complexity index is 549. The first-order valence-electron chi connectivity index (χ1n) is 6.89. The predicted octanol–water partition coefficient (Wildman–Crippen LogP) is 2.80. The average Bonchev–Trinajstić information content (AvgIpc) is 2.79. The van der Waals surface area contributed by atoms with Crippen molar-refractivity contribution in [3.05, 3.63) is 34.3 Å². The topological polar surface area (TPSA) is 60.9 Å². The molecule has 2 amide bonds. The number of nitrogens with zero attached hydrogens (tertiary/aromatic N) is 2. The zero-order chi connectivity index (χ0) is 15.6. The van der Waals surface area contributed by atoms with E-state index in [-0.39, 0.29) is 11.9 Å². The van der Waals surface area contributed by atoms with Crippen LogP contribution in [0.4, 0.5) is 4.79 Å². The van der Waals surface area contributed by atoms with Crippen LogP contribution in [-0.4, -0.2) is 46.5 Å². The fourth-order valence-electron chi connectivity index (χ4n) is 2.73. The van der Waals surface area contributed by atoms with Crippen molar-refractivity contribution in [2.45, 2.75) is 25.9 Å². The molecule has 5 nitrogen and oxygen atoms in total. The van der Waals surface area contributed by atoms with E-state index >= 15 is 0 Å². The van der Waals surface area contributed by atoms with Crippen molar-refractivity contribution in [2.75, 3.05) is 13.6 Å². The van der Waals surface area contributed by atoms with E-state index in [0.717, 1.165) is 16.5 Å². The summed E-state index contributed by atoms with van der Waals surface area (Å²) in [4.78, 5) is 26.8. The summed E-state index contributed by atoms with van der Waals surface area (Å²) in [6, 6.07) is 6.78. The number of hydrogen-bond donors (Lipinski definition) is 1. The molecule has 6 heteroatoms. The highest BCUT2D eigenvalue weighted by atomic mass is 79.9. The lowest BCUT2D eigenvalue weighted by Gasteiger charge is -2.28. The molecule has 0 bridgehead atoms. The number of likely N-dealkylation sites (tertiary alicyclic amines) is 1. The van der Waals surface area contributed by atoms with Crippen LogP contribution >= 0.6 is 15.9 Å². The van der Waals surface area contributed by atoms with E-state index in [1.165, 1.54) is 4.90 Å². The molecule has 21 heavy (non-hydrogen) atoms. The van der Waals surface area contributed by atoms with Gasteiger partial charge in [0.15, 0.2) is 0 Å².